The monoisotopic (exact) mass is 364 g/mol. The number of allylic oxidation sites excluding steroid dienone is 1. The third-order valence-electron chi connectivity index (χ3n) is 4.90. The highest BCUT2D eigenvalue weighted by molar-refractivity contribution is 7.86. The van der Waals surface area contributed by atoms with Crippen molar-refractivity contribution in [3.63, 3.8) is 0 Å². The number of nitrogens with zero attached hydrogens (tertiary/aromatic N) is 1. The van der Waals surface area contributed by atoms with Gasteiger partial charge in [0.15, 0.2) is 11.5 Å². The molecule has 9 heteroatoms. The molecule has 2 N–H and O–H groups in total. The van der Waals surface area contributed by atoms with Crippen LogP contribution in [-0.2, 0) is 23.9 Å². The van der Waals surface area contributed by atoms with E-state index in [1.165, 1.54) is 12.1 Å². The lowest BCUT2D eigenvalue weighted by atomic mass is 9.82. The minimum atomic E-state index is -4.18. The van der Waals surface area contributed by atoms with E-state index in [0.717, 1.165) is 10.5 Å². The Kier molecular flexibility index (Phi) is 3.41. The van der Waals surface area contributed by atoms with E-state index in [1.54, 1.807) is 12.1 Å². The molecule has 2 saturated heterocycles. The SMILES string of the molecule is Cc1ccc(S(=O)(=O)OC2=C(C(=O)O)N3C(=O)[C@H]4NC[C@@H](C2)[C@H]43)cc1. The quantitative estimate of drug-likeness (QED) is 0.579. The van der Waals surface area contributed by atoms with Gasteiger partial charge in [0.05, 0.1) is 6.04 Å². The number of rotatable bonds is 4. The lowest BCUT2D eigenvalue weighted by Crippen LogP contribution is -2.68. The van der Waals surface area contributed by atoms with E-state index in [0.29, 0.717) is 6.54 Å². The third-order valence-corrected chi connectivity index (χ3v) is 6.17. The average Bonchev–Trinajstić information content (AvgIpc) is 2.94. The van der Waals surface area contributed by atoms with Crippen LogP contribution in [0.5, 0.6) is 0 Å². The largest absolute Gasteiger partial charge is 0.476 e. The predicted octanol–water partition coefficient (Wildman–Crippen LogP) is 0.199. The fourth-order valence-electron chi connectivity index (χ4n) is 3.70. The van der Waals surface area contributed by atoms with E-state index in [9.17, 15) is 23.1 Å². The van der Waals surface area contributed by atoms with Crippen molar-refractivity contribution in [2.45, 2.75) is 30.3 Å². The third kappa shape index (κ3) is 2.34. The van der Waals surface area contributed by atoms with Crippen LogP contribution in [0, 0.1) is 12.8 Å². The summed E-state index contributed by atoms with van der Waals surface area (Å²) in [6.45, 7) is 2.34. The number of carboxylic acid groups (broad SMARTS) is 1. The highest BCUT2D eigenvalue weighted by Crippen LogP contribution is 2.44. The molecule has 3 aliphatic heterocycles. The molecule has 25 heavy (non-hydrogen) atoms. The van der Waals surface area contributed by atoms with Crippen LogP contribution in [0.15, 0.2) is 40.6 Å². The predicted molar refractivity (Wildman–Crippen MR) is 84.6 cm³/mol. The molecule has 8 nitrogen and oxygen atoms in total. The normalized spacial score (nSPS) is 27.8. The van der Waals surface area contributed by atoms with E-state index in [1.807, 2.05) is 6.92 Å². The lowest BCUT2D eigenvalue weighted by Gasteiger charge is -2.48. The van der Waals surface area contributed by atoms with Gasteiger partial charge in [-0.05, 0) is 19.1 Å². The zero-order valence-electron chi connectivity index (χ0n) is 13.3. The molecule has 0 saturated carbocycles. The van der Waals surface area contributed by atoms with E-state index in [-0.39, 0.29) is 46.7 Å². The standard InChI is InChI=1S/C16H16N2O6S/c1-8-2-4-10(5-3-8)25(22,23)24-11-6-9-7-17-12-13(9)18(15(12)19)14(11)16(20)21/h2-5,9,12-13,17H,6-7H2,1H3,(H,20,21)/t9-,12+,13-/m1/s1. The van der Waals surface area contributed by atoms with Gasteiger partial charge in [-0.1, -0.05) is 17.7 Å². The summed E-state index contributed by atoms with van der Waals surface area (Å²) in [5, 5.41) is 12.5. The van der Waals surface area contributed by atoms with Crippen LogP contribution in [-0.4, -0.2) is 48.9 Å². The number of nitrogens with one attached hydrogen (secondary N) is 1. The first-order valence-electron chi connectivity index (χ1n) is 7.83. The Morgan fingerprint density at radius 1 is 1.32 bits per heavy atom. The molecule has 0 spiro atoms. The number of benzene rings is 1. The number of carbonyl (C=O) groups excluding carboxylic acids is 1. The Balaban J connectivity index is 1.72. The highest BCUT2D eigenvalue weighted by atomic mass is 32.2. The molecule has 3 aliphatic rings. The molecule has 0 bridgehead atoms. The van der Waals surface area contributed by atoms with E-state index in [2.05, 4.69) is 5.32 Å². The molecule has 3 atom stereocenters. The maximum atomic E-state index is 12.5. The Bertz CT molecular complexity index is 905. The van der Waals surface area contributed by atoms with Crippen LogP contribution in [0.25, 0.3) is 0 Å². The Hall–Kier alpha value is -2.39. The molecule has 3 heterocycles. The zero-order chi connectivity index (χ0) is 17.9. The highest BCUT2D eigenvalue weighted by Gasteiger charge is 2.60. The van der Waals surface area contributed by atoms with Gasteiger partial charge in [-0.25, -0.2) is 4.79 Å². The smallest absolute Gasteiger partial charge is 0.356 e. The molecule has 0 unspecified atom stereocenters. The van der Waals surface area contributed by atoms with Crippen molar-refractivity contribution in [1.82, 2.24) is 10.2 Å². The molecule has 4 rings (SSSR count). The van der Waals surface area contributed by atoms with Crippen LogP contribution in [0.3, 0.4) is 0 Å². The second kappa shape index (κ2) is 5.30. The molecule has 0 aliphatic carbocycles. The Morgan fingerprint density at radius 3 is 2.64 bits per heavy atom. The number of amides is 1. The van der Waals surface area contributed by atoms with Gasteiger partial charge >= 0.3 is 16.1 Å². The van der Waals surface area contributed by atoms with Crippen LogP contribution < -0.4 is 5.32 Å². The summed E-state index contributed by atoms with van der Waals surface area (Å²) in [4.78, 5) is 24.9. The summed E-state index contributed by atoms with van der Waals surface area (Å²) < 4.78 is 30.2. The van der Waals surface area contributed by atoms with Gasteiger partial charge in [-0.15, -0.1) is 0 Å². The molecule has 0 aromatic heterocycles. The molecular weight excluding hydrogens is 348 g/mol. The Labute approximate surface area is 144 Å². The summed E-state index contributed by atoms with van der Waals surface area (Å²) >= 11 is 0. The first-order chi connectivity index (χ1) is 11.8. The average molecular weight is 364 g/mol. The number of carbonyl (C=O) groups is 2. The summed E-state index contributed by atoms with van der Waals surface area (Å²) in [6, 6.07) is 5.44. The minimum absolute atomic E-state index is 0.0604. The summed E-state index contributed by atoms with van der Waals surface area (Å²) in [5.41, 5.74) is 0.515. The second-order valence-corrected chi connectivity index (χ2v) is 8.02. The number of aliphatic carboxylic acids is 1. The van der Waals surface area contributed by atoms with Crippen LogP contribution in [0.2, 0.25) is 0 Å². The van der Waals surface area contributed by atoms with Crippen LogP contribution >= 0.6 is 0 Å². The van der Waals surface area contributed by atoms with Gasteiger partial charge < -0.3 is 14.6 Å². The second-order valence-electron chi connectivity index (χ2n) is 6.48. The van der Waals surface area contributed by atoms with Crippen LogP contribution in [0.1, 0.15) is 12.0 Å². The zero-order valence-corrected chi connectivity index (χ0v) is 14.1. The van der Waals surface area contributed by atoms with Crippen molar-refractivity contribution in [2.75, 3.05) is 6.54 Å². The summed E-state index contributed by atoms with van der Waals surface area (Å²) in [5.74, 6) is -1.98. The summed E-state index contributed by atoms with van der Waals surface area (Å²) in [7, 11) is -4.18. The number of hydrogen-bond donors (Lipinski definition) is 2. The van der Waals surface area contributed by atoms with E-state index in [4.69, 9.17) is 4.18 Å². The lowest BCUT2D eigenvalue weighted by molar-refractivity contribution is -0.154. The maximum absolute atomic E-state index is 12.5. The van der Waals surface area contributed by atoms with Crippen molar-refractivity contribution >= 4 is 22.0 Å². The van der Waals surface area contributed by atoms with Gasteiger partial charge in [0.1, 0.15) is 10.9 Å². The molecule has 132 valence electrons. The fraction of sp³-hybridized carbons (Fsp3) is 0.375. The molecular formula is C16H16N2O6S. The number of β-lactam (4-membered cyclic amide) rings is 1. The van der Waals surface area contributed by atoms with Gasteiger partial charge in [-0.3, -0.25) is 9.69 Å². The van der Waals surface area contributed by atoms with Gasteiger partial charge in [0.25, 0.3) is 0 Å². The van der Waals surface area contributed by atoms with Gasteiger partial charge in [0, 0.05) is 18.9 Å². The Morgan fingerprint density at radius 2 is 2.00 bits per heavy atom. The van der Waals surface area contributed by atoms with Crippen molar-refractivity contribution in [1.29, 1.82) is 0 Å². The number of hydrogen-bond acceptors (Lipinski definition) is 6. The van der Waals surface area contributed by atoms with Crippen molar-refractivity contribution in [3.8, 4) is 0 Å². The first-order valence-corrected chi connectivity index (χ1v) is 9.24. The van der Waals surface area contributed by atoms with E-state index >= 15 is 0 Å². The number of carboxylic acids is 1. The van der Waals surface area contributed by atoms with Crippen molar-refractivity contribution in [3.05, 3.63) is 41.3 Å². The minimum Gasteiger partial charge on any atom is -0.476 e. The molecule has 1 aromatic carbocycles. The first kappa shape index (κ1) is 16.1. The van der Waals surface area contributed by atoms with E-state index < -0.39 is 16.1 Å². The topological polar surface area (TPSA) is 113 Å². The van der Waals surface area contributed by atoms with Crippen LogP contribution in [0.4, 0.5) is 0 Å². The molecule has 2 fully saturated rings. The number of aryl methyl sites for hydroxylation is 1. The summed E-state index contributed by atoms with van der Waals surface area (Å²) in [6.07, 6.45) is 0.157. The maximum Gasteiger partial charge on any atom is 0.356 e. The molecule has 0 radical (unpaired) electrons. The fourth-order valence-corrected chi connectivity index (χ4v) is 4.68. The van der Waals surface area contributed by atoms with Crippen molar-refractivity contribution < 1.29 is 27.3 Å². The van der Waals surface area contributed by atoms with Crippen molar-refractivity contribution in [2.24, 2.45) is 5.92 Å². The molecule has 1 aromatic rings. The van der Waals surface area contributed by atoms with Gasteiger partial charge in [-0.2, -0.15) is 8.42 Å². The van der Waals surface area contributed by atoms with Gasteiger partial charge in [0.2, 0.25) is 5.91 Å². The molecule has 1 amide bonds.